The van der Waals surface area contributed by atoms with Crippen LogP contribution in [-0.2, 0) is 0 Å². The van der Waals surface area contributed by atoms with Gasteiger partial charge in [-0.15, -0.1) is 0 Å². The normalized spacial score (nSPS) is 11.5. The van der Waals surface area contributed by atoms with Crippen molar-refractivity contribution in [2.75, 3.05) is 0 Å². The van der Waals surface area contributed by atoms with E-state index in [0.29, 0.717) is 0 Å². The fourth-order valence-electron chi connectivity index (χ4n) is 1.91. The van der Waals surface area contributed by atoms with Crippen LogP contribution in [-0.4, -0.2) is 34.1 Å². The second kappa shape index (κ2) is 15.9. The van der Waals surface area contributed by atoms with Crippen LogP contribution >= 0.6 is 0 Å². The minimum absolute atomic E-state index is 1.02. The van der Waals surface area contributed by atoms with Crippen LogP contribution in [0.2, 0.25) is 5.09 Å². The van der Waals surface area contributed by atoms with E-state index in [1.807, 2.05) is 0 Å². The summed E-state index contributed by atoms with van der Waals surface area (Å²) in [6.07, 6.45) is 9.65. The topological polar surface area (TPSA) is 57.5 Å². The number of carboxylic acid groups (broad SMARTS) is 2. The molecule has 0 bridgehead atoms. The molecule has 0 heterocycles. The molecule has 3 nitrogen and oxygen atoms in total. The second-order valence-corrected chi connectivity index (χ2v) is 4.55. The molecule has 0 saturated carbocycles. The van der Waals surface area contributed by atoms with Crippen LogP contribution < -0.4 is 0 Å². The zero-order valence-electron chi connectivity index (χ0n) is 11.7. The monoisotopic (exact) mass is 238 g/mol. The maximum absolute atomic E-state index is 8.56. The molecule has 0 radical (unpaired) electrons. The van der Waals surface area contributed by atoms with Gasteiger partial charge in [0.25, 0.3) is 0 Å². The summed E-state index contributed by atoms with van der Waals surface area (Å²) in [7, 11) is 0. The van der Waals surface area contributed by atoms with E-state index in [1.54, 1.807) is 0 Å². The molecule has 0 spiro atoms. The first-order chi connectivity index (χ1) is 8.08. The van der Waals surface area contributed by atoms with Crippen LogP contribution in [0.4, 0.5) is 4.79 Å². The van der Waals surface area contributed by atoms with E-state index < -0.39 is 6.16 Å². The number of carbonyl (C=O) groups is 1. The molecule has 0 aromatic carbocycles. The number of rotatable bonds is 9. The molecular formula is C13H27LiO3. The Hall–Kier alpha value is -0.133. The van der Waals surface area contributed by atoms with Crippen molar-refractivity contribution in [3.8, 4) is 0 Å². The van der Waals surface area contributed by atoms with E-state index in [1.165, 1.54) is 56.5 Å². The van der Waals surface area contributed by atoms with Crippen LogP contribution in [0.5, 0.6) is 0 Å². The minimum atomic E-state index is -1.83. The molecule has 0 aliphatic rings. The summed E-state index contributed by atoms with van der Waals surface area (Å²) in [6, 6.07) is 0. The van der Waals surface area contributed by atoms with Gasteiger partial charge in [-0.3, -0.25) is 0 Å². The predicted octanol–water partition coefficient (Wildman–Crippen LogP) is 4.57. The summed E-state index contributed by atoms with van der Waals surface area (Å²) < 4.78 is 0. The van der Waals surface area contributed by atoms with Gasteiger partial charge in [0.1, 0.15) is 0 Å². The number of hydrogen-bond acceptors (Lipinski definition) is 1. The molecule has 2 N–H and O–H groups in total. The average Bonchev–Trinajstić information content (AvgIpc) is 2.27. The SMILES string of the molecule is O=C(O)O.[Li][CH2]C(CCCC)CCCCCC. The van der Waals surface area contributed by atoms with Crippen LogP contribution in [0.25, 0.3) is 0 Å². The molecule has 4 heteroatoms. The van der Waals surface area contributed by atoms with E-state index in [-0.39, 0.29) is 0 Å². The van der Waals surface area contributed by atoms with Gasteiger partial charge in [0.2, 0.25) is 0 Å². The third-order valence-electron chi connectivity index (χ3n) is 3.01. The average molecular weight is 238 g/mol. The standard InChI is InChI=1S/C12H25.CH2O3.Li/c1-4-6-8-9-11-12(3)10-7-5-2;2-1(3)4;/h12H,3-11H2,1-2H3;(H2,2,3,4);. The molecule has 1 atom stereocenters. The summed E-state index contributed by atoms with van der Waals surface area (Å²) in [5.41, 5.74) is 0. The first-order valence-electron chi connectivity index (χ1n) is 7.00. The predicted molar refractivity (Wildman–Crippen MR) is 73.0 cm³/mol. The molecule has 0 aromatic rings. The van der Waals surface area contributed by atoms with Crippen LogP contribution in [0.3, 0.4) is 0 Å². The molecule has 0 rings (SSSR count). The van der Waals surface area contributed by atoms with Crippen LogP contribution in [0.15, 0.2) is 0 Å². The fraction of sp³-hybridized carbons (Fsp3) is 0.923. The summed E-state index contributed by atoms with van der Waals surface area (Å²) in [4.78, 5) is 8.56. The third-order valence-corrected chi connectivity index (χ3v) is 3.01. The van der Waals surface area contributed by atoms with Crippen molar-refractivity contribution in [3.63, 3.8) is 0 Å². The van der Waals surface area contributed by atoms with Crippen molar-refractivity contribution in [2.45, 2.75) is 70.3 Å². The molecule has 0 fully saturated rings. The van der Waals surface area contributed by atoms with Crippen molar-refractivity contribution in [1.82, 2.24) is 0 Å². The Labute approximate surface area is 115 Å². The van der Waals surface area contributed by atoms with Crippen molar-refractivity contribution >= 4 is 23.9 Å². The Balaban J connectivity index is 0. The zero-order chi connectivity index (χ0) is 13.5. The van der Waals surface area contributed by atoms with E-state index in [0.717, 1.165) is 5.92 Å². The first kappa shape index (κ1) is 19.2. The van der Waals surface area contributed by atoms with Gasteiger partial charge in [0.05, 0.1) is 0 Å². The third kappa shape index (κ3) is 21.7. The Morgan fingerprint density at radius 3 is 1.88 bits per heavy atom. The van der Waals surface area contributed by atoms with Gasteiger partial charge in [-0.25, -0.2) is 4.79 Å². The van der Waals surface area contributed by atoms with E-state index >= 15 is 0 Å². The van der Waals surface area contributed by atoms with Crippen molar-refractivity contribution in [2.24, 2.45) is 5.92 Å². The molecule has 0 saturated heterocycles. The van der Waals surface area contributed by atoms with Gasteiger partial charge in [-0.2, -0.15) is 0 Å². The van der Waals surface area contributed by atoms with E-state index in [9.17, 15) is 0 Å². The molecule has 0 aliphatic carbocycles. The zero-order valence-corrected chi connectivity index (χ0v) is 11.7. The van der Waals surface area contributed by atoms with Gasteiger partial charge in [-0.05, 0) is 0 Å². The number of unbranched alkanes of at least 4 members (excludes halogenated alkanes) is 4. The number of hydrogen-bond donors (Lipinski definition) is 2. The molecule has 17 heavy (non-hydrogen) atoms. The molecule has 0 aromatic heterocycles. The van der Waals surface area contributed by atoms with Crippen LogP contribution in [0, 0.1) is 5.92 Å². The van der Waals surface area contributed by atoms with Gasteiger partial charge in [0, 0.05) is 0 Å². The van der Waals surface area contributed by atoms with Crippen LogP contribution in [0.1, 0.15) is 65.2 Å². The van der Waals surface area contributed by atoms with E-state index in [4.69, 9.17) is 15.0 Å². The molecule has 98 valence electrons. The Bertz CT molecular complexity index is 159. The first-order valence-corrected chi connectivity index (χ1v) is 7.00. The van der Waals surface area contributed by atoms with Crippen molar-refractivity contribution in [3.05, 3.63) is 0 Å². The van der Waals surface area contributed by atoms with Gasteiger partial charge in [-0.1, -0.05) is 0 Å². The van der Waals surface area contributed by atoms with Crippen molar-refractivity contribution < 1.29 is 15.0 Å². The molecule has 1 unspecified atom stereocenters. The second-order valence-electron chi connectivity index (χ2n) is 4.55. The molecule has 0 amide bonds. The Kier molecular flexibility index (Phi) is 17.9. The van der Waals surface area contributed by atoms with Crippen molar-refractivity contribution in [1.29, 1.82) is 0 Å². The van der Waals surface area contributed by atoms with Gasteiger partial charge >= 0.3 is 100 Å². The quantitative estimate of drug-likeness (QED) is 0.457. The molecule has 0 aliphatic heterocycles. The summed E-state index contributed by atoms with van der Waals surface area (Å²) in [5, 5.41) is 15.3. The van der Waals surface area contributed by atoms with Gasteiger partial charge < -0.3 is 10.2 Å². The van der Waals surface area contributed by atoms with Gasteiger partial charge in [0.15, 0.2) is 0 Å². The Morgan fingerprint density at radius 2 is 1.47 bits per heavy atom. The Morgan fingerprint density at radius 1 is 1.00 bits per heavy atom. The summed E-state index contributed by atoms with van der Waals surface area (Å²) >= 11 is 2.35. The summed E-state index contributed by atoms with van der Waals surface area (Å²) in [5.74, 6) is 1.02. The summed E-state index contributed by atoms with van der Waals surface area (Å²) in [6.45, 7) is 4.58. The molecular weight excluding hydrogens is 211 g/mol. The fourth-order valence-corrected chi connectivity index (χ4v) is 1.91. The van der Waals surface area contributed by atoms with E-state index in [2.05, 4.69) is 31.6 Å². The maximum atomic E-state index is 8.56.